The highest BCUT2D eigenvalue weighted by Crippen LogP contribution is 2.34. The van der Waals surface area contributed by atoms with Crippen LogP contribution in [0.1, 0.15) is 5.56 Å². The maximum atomic E-state index is 12.6. The molecule has 0 aromatic heterocycles. The lowest BCUT2D eigenvalue weighted by Crippen LogP contribution is -2.34. The van der Waals surface area contributed by atoms with E-state index in [2.05, 4.69) is 11.9 Å². The van der Waals surface area contributed by atoms with Crippen LogP contribution < -0.4 is 10.6 Å². The number of rotatable bonds is 2. The Labute approximate surface area is 101 Å². The molecule has 96 valence electrons. The van der Waals surface area contributed by atoms with Crippen molar-refractivity contribution in [1.29, 1.82) is 5.41 Å². The number of halogens is 3. The monoisotopic (exact) mass is 257 g/mol. The number of amides is 1. The van der Waals surface area contributed by atoms with Gasteiger partial charge in [-0.05, 0) is 18.2 Å². The van der Waals surface area contributed by atoms with Gasteiger partial charge in [-0.2, -0.15) is 13.2 Å². The number of alkyl halides is 3. The minimum absolute atomic E-state index is 0.306. The smallest absolute Gasteiger partial charge is 0.326 e. The Hall–Kier alpha value is -2.31. The molecule has 1 aromatic carbocycles. The van der Waals surface area contributed by atoms with E-state index in [0.717, 1.165) is 18.2 Å². The van der Waals surface area contributed by atoms with Gasteiger partial charge in [-0.1, -0.05) is 18.7 Å². The number of hydrogen-bond acceptors (Lipinski definition) is 2. The molecule has 0 spiro atoms. The molecule has 0 heterocycles. The summed E-state index contributed by atoms with van der Waals surface area (Å²) in [5, 5.41) is 11.5. The van der Waals surface area contributed by atoms with E-state index >= 15 is 0 Å². The third-order valence-electron chi connectivity index (χ3n) is 1.93. The predicted octanol–water partition coefficient (Wildman–Crippen LogP) is 2.35. The van der Waals surface area contributed by atoms with E-state index in [4.69, 9.17) is 5.41 Å². The third-order valence-corrected chi connectivity index (χ3v) is 1.93. The molecule has 7 heteroatoms. The second-order valence-electron chi connectivity index (χ2n) is 3.24. The number of anilines is 1. The van der Waals surface area contributed by atoms with Gasteiger partial charge in [-0.25, -0.2) is 0 Å². The fourth-order valence-corrected chi connectivity index (χ4v) is 1.18. The van der Waals surface area contributed by atoms with E-state index in [1.807, 2.05) is 5.32 Å². The fourth-order valence-electron chi connectivity index (χ4n) is 1.18. The summed E-state index contributed by atoms with van der Waals surface area (Å²) in [6.45, 7) is 3.16. The summed E-state index contributed by atoms with van der Waals surface area (Å²) in [5.74, 6) is -1.24. The molecule has 0 saturated carbocycles. The van der Waals surface area contributed by atoms with Gasteiger partial charge in [0.15, 0.2) is 5.96 Å². The van der Waals surface area contributed by atoms with Gasteiger partial charge in [0.2, 0.25) is 5.91 Å². The molecule has 0 aliphatic rings. The first kappa shape index (κ1) is 13.8. The van der Waals surface area contributed by atoms with Gasteiger partial charge in [0.05, 0.1) is 11.3 Å². The van der Waals surface area contributed by atoms with E-state index in [0.29, 0.717) is 0 Å². The molecule has 4 nitrogen and oxygen atoms in total. The van der Waals surface area contributed by atoms with Crippen LogP contribution in [0, 0.1) is 5.41 Å². The molecule has 3 N–H and O–H groups in total. The summed E-state index contributed by atoms with van der Waals surface area (Å²) in [7, 11) is 0. The number of carbonyl (C=O) groups excluding carboxylic acids is 1. The fraction of sp³-hybridized carbons (Fsp3) is 0.0909. The highest BCUT2D eigenvalue weighted by Gasteiger charge is 2.33. The predicted molar refractivity (Wildman–Crippen MR) is 61.1 cm³/mol. The Kier molecular flexibility index (Phi) is 4.09. The number of para-hydroxylation sites is 1. The molecule has 0 saturated heterocycles. The van der Waals surface area contributed by atoms with Crippen molar-refractivity contribution in [3.8, 4) is 0 Å². The van der Waals surface area contributed by atoms with Gasteiger partial charge in [-0.3, -0.25) is 15.5 Å². The largest absolute Gasteiger partial charge is 0.418 e. The molecule has 1 aromatic rings. The van der Waals surface area contributed by atoms with Gasteiger partial charge in [0.1, 0.15) is 0 Å². The molecule has 1 rings (SSSR count). The third kappa shape index (κ3) is 3.62. The molecule has 0 radical (unpaired) electrons. The Bertz CT molecular complexity index is 483. The number of guanidine groups is 1. The van der Waals surface area contributed by atoms with Crippen molar-refractivity contribution < 1.29 is 18.0 Å². The van der Waals surface area contributed by atoms with E-state index < -0.39 is 23.6 Å². The Morgan fingerprint density at radius 3 is 2.50 bits per heavy atom. The van der Waals surface area contributed by atoms with Gasteiger partial charge in [0, 0.05) is 0 Å². The van der Waals surface area contributed by atoms with Gasteiger partial charge in [-0.15, -0.1) is 0 Å². The zero-order valence-electron chi connectivity index (χ0n) is 9.14. The molecule has 0 bridgehead atoms. The quantitative estimate of drug-likeness (QED) is 0.432. The molecule has 0 aliphatic carbocycles. The molecule has 1 amide bonds. The summed E-state index contributed by atoms with van der Waals surface area (Å²) < 4.78 is 37.8. The van der Waals surface area contributed by atoms with Crippen LogP contribution in [0.4, 0.5) is 18.9 Å². The van der Waals surface area contributed by atoms with Crippen molar-refractivity contribution in [2.45, 2.75) is 6.18 Å². The van der Waals surface area contributed by atoms with Crippen molar-refractivity contribution in [3.63, 3.8) is 0 Å². The molecule has 0 unspecified atom stereocenters. The molecular weight excluding hydrogens is 247 g/mol. The number of nitrogens with one attached hydrogen (secondary N) is 3. The average molecular weight is 257 g/mol. The van der Waals surface area contributed by atoms with Crippen LogP contribution >= 0.6 is 0 Å². The topological polar surface area (TPSA) is 65.0 Å². The van der Waals surface area contributed by atoms with Crippen LogP contribution in [0.15, 0.2) is 36.9 Å². The van der Waals surface area contributed by atoms with E-state index in [1.54, 1.807) is 0 Å². The molecular formula is C11H10F3N3O. The van der Waals surface area contributed by atoms with E-state index in [9.17, 15) is 18.0 Å². The van der Waals surface area contributed by atoms with Crippen molar-refractivity contribution >= 4 is 17.6 Å². The van der Waals surface area contributed by atoms with Crippen molar-refractivity contribution in [2.24, 2.45) is 0 Å². The van der Waals surface area contributed by atoms with Gasteiger partial charge in [0.25, 0.3) is 0 Å². The lowest BCUT2D eigenvalue weighted by atomic mass is 10.1. The normalized spacial score (nSPS) is 10.6. The lowest BCUT2D eigenvalue weighted by molar-refractivity contribution is -0.136. The van der Waals surface area contributed by atoms with E-state index in [1.165, 1.54) is 12.1 Å². The summed E-state index contributed by atoms with van der Waals surface area (Å²) in [4.78, 5) is 10.9. The number of carbonyl (C=O) groups is 1. The first-order chi connectivity index (χ1) is 8.34. The molecule has 0 aliphatic heterocycles. The molecule has 18 heavy (non-hydrogen) atoms. The minimum atomic E-state index is -4.54. The van der Waals surface area contributed by atoms with Crippen molar-refractivity contribution in [2.75, 3.05) is 5.32 Å². The van der Waals surface area contributed by atoms with Gasteiger partial charge < -0.3 is 5.32 Å². The van der Waals surface area contributed by atoms with Crippen LogP contribution in [0.25, 0.3) is 0 Å². The summed E-state index contributed by atoms with van der Waals surface area (Å²) in [6.07, 6.45) is -3.63. The zero-order valence-corrected chi connectivity index (χ0v) is 9.14. The summed E-state index contributed by atoms with van der Waals surface area (Å²) >= 11 is 0. The zero-order chi connectivity index (χ0) is 13.8. The first-order valence-electron chi connectivity index (χ1n) is 4.80. The first-order valence-corrected chi connectivity index (χ1v) is 4.80. The average Bonchev–Trinajstić information content (AvgIpc) is 2.27. The SMILES string of the molecule is C=CC(=O)NC(=N)Nc1ccccc1C(F)(F)F. The number of hydrogen-bond donors (Lipinski definition) is 3. The second-order valence-corrected chi connectivity index (χ2v) is 3.24. The highest BCUT2D eigenvalue weighted by atomic mass is 19.4. The van der Waals surface area contributed by atoms with Crippen LogP contribution in [0.5, 0.6) is 0 Å². The maximum absolute atomic E-state index is 12.6. The highest BCUT2D eigenvalue weighted by molar-refractivity contribution is 6.06. The standard InChI is InChI=1S/C11H10F3N3O/c1-2-9(18)17-10(15)16-8-6-4-3-5-7(8)11(12,13)14/h2-6H,1H2,(H3,15,16,17,18). The maximum Gasteiger partial charge on any atom is 0.418 e. The molecule has 0 atom stereocenters. The lowest BCUT2D eigenvalue weighted by Gasteiger charge is -2.14. The van der Waals surface area contributed by atoms with Crippen LogP contribution in [-0.4, -0.2) is 11.9 Å². The second kappa shape index (κ2) is 5.35. The van der Waals surface area contributed by atoms with E-state index in [-0.39, 0.29) is 5.69 Å². The van der Waals surface area contributed by atoms with Gasteiger partial charge >= 0.3 is 6.18 Å². The van der Waals surface area contributed by atoms with Crippen LogP contribution in [0.3, 0.4) is 0 Å². The Morgan fingerprint density at radius 1 is 1.33 bits per heavy atom. The van der Waals surface area contributed by atoms with Crippen molar-refractivity contribution in [1.82, 2.24) is 5.32 Å². The Morgan fingerprint density at radius 2 is 1.94 bits per heavy atom. The molecule has 0 fully saturated rings. The van der Waals surface area contributed by atoms with Crippen LogP contribution in [-0.2, 0) is 11.0 Å². The van der Waals surface area contributed by atoms with Crippen molar-refractivity contribution in [3.05, 3.63) is 42.5 Å². The Balaban J connectivity index is 2.88. The van der Waals surface area contributed by atoms with Crippen LogP contribution in [0.2, 0.25) is 0 Å². The summed E-state index contributed by atoms with van der Waals surface area (Å²) in [5.41, 5.74) is -1.22. The number of benzene rings is 1. The minimum Gasteiger partial charge on any atom is -0.326 e. The summed E-state index contributed by atoms with van der Waals surface area (Å²) in [6, 6.07) is 4.67.